The molecule has 0 aromatic heterocycles. The van der Waals surface area contributed by atoms with Crippen molar-refractivity contribution in [1.29, 1.82) is 0 Å². The highest BCUT2D eigenvalue weighted by Crippen LogP contribution is 2.51. The van der Waals surface area contributed by atoms with E-state index < -0.39 is 0 Å². The molecule has 0 unspecified atom stereocenters. The molecule has 0 heterocycles. The van der Waals surface area contributed by atoms with Crippen molar-refractivity contribution in [3.63, 3.8) is 0 Å². The van der Waals surface area contributed by atoms with Gasteiger partial charge in [0.1, 0.15) is 0 Å². The summed E-state index contributed by atoms with van der Waals surface area (Å²) >= 11 is 0. The van der Waals surface area contributed by atoms with Crippen LogP contribution < -0.4 is 0 Å². The van der Waals surface area contributed by atoms with Gasteiger partial charge in [0.15, 0.2) is 0 Å². The maximum Gasteiger partial charge on any atom is -0.00112 e. The molecule has 0 fully saturated rings. The van der Waals surface area contributed by atoms with Gasteiger partial charge in [0, 0.05) is 0 Å². The summed E-state index contributed by atoms with van der Waals surface area (Å²) in [4.78, 5) is 0. The van der Waals surface area contributed by atoms with E-state index in [2.05, 4.69) is 483 Å². The molecule has 662 valence electrons. The van der Waals surface area contributed by atoms with Crippen LogP contribution in [0.2, 0.25) is 0 Å². The highest BCUT2D eigenvalue weighted by molar-refractivity contribution is 6.45. The Morgan fingerprint density at radius 2 is 0.317 bits per heavy atom. The lowest BCUT2D eigenvalue weighted by atomic mass is 9.81. The normalized spacial score (nSPS) is 11.8. The topological polar surface area (TPSA) is 0 Å². The van der Waals surface area contributed by atoms with Gasteiger partial charge in [-0.1, -0.05) is 334 Å². The monoisotopic (exact) mass is 1770 g/mol. The molecule has 139 heavy (non-hydrogen) atoms. The number of rotatable bonds is 0. The van der Waals surface area contributed by atoms with E-state index in [9.17, 15) is 0 Å². The van der Waals surface area contributed by atoms with E-state index in [0.29, 0.717) is 0 Å². The van der Waals surface area contributed by atoms with Crippen molar-refractivity contribution >= 4 is 259 Å². The number of aryl methyl sites for hydroxylation is 12. The first-order valence-corrected chi connectivity index (χ1v) is 48.8. The van der Waals surface area contributed by atoms with Crippen LogP contribution in [-0.4, -0.2) is 0 Å². The second kappa shape index (κ2) is 33.6. The zero-order valence-electron chi connectivity index (χ0n) is 80.1. The molecule has 30 aromatic rings. The fourth-order valence-electron chi connectivity index (χ4n) is 23.9. The van der Waals surface area contributed by atoms with Crippen LogP contribution >= 0.6 is 0 Å². The SMILES string of the molecule is C.Cc1c2cc3ccccc3cc2c(C)c2cc3ccccc3cc12.Cc1c2ccccc2c(C)c2cc3cc4ccccc4cc3cc12.Cc1cc2ccc3cc(C)c4ccc5ccc6ccc1c1c6c5c4c3c21.Cc1ccc(C)c2c3ccccc3c3ccccc3c12.Cc1ccc(C)c2cc3cc4cc5ccccc5cc4cc3cc12.Cc1ccc2c3ccc(C)cc3c3ccccc3c2c1. The van der Waals surface area contributed by atoms with E-state index >= 15 is 0 Å². The molecule has 0 aliphatic carbocycles. The molecule has 0 saturated carbocycles. The Balaban J connectivity index is 0.0000000907. The number of hydrogen-bond acceptors (Lipinski definition) is 0. The predicted molar refractivity (Wildman–Crippen MR) is 616 cm³/mol. The van der Waals surface area contributed by atoms with Crippen molar-refractivity contribution in [1.82, 2.24) is 0 Å². The minimum Gasteiger partial charge on any atom is -0.0776 e. The van der Waals surface area contributed by atoms with Crippen LogP contribution in [0.5, 0.6) is 0 Å². The summed E-state index contributed by atoms with van der Waals surface area (Å²) in [5, 5.41) is 65.3. The summed E-state index contributed by atoms with van der Waals surface area (Å²) in [5.41, 5.74) is 16.3. The summed E-state index contributed by atoms with van der Waals surface area (Å²) in [5.74, 6) is 0. The van der Waals surface area contributed by atoms with Crippen LogP contribution in [0.25, 0.3) is 259 Å². The van der Waals surface area contributed by atoms with Gasteiger partial charge >= 0.3 is 0 Å². The summed E-state index contributed by atoms with van der Waals surface area (Å²) < 4.78 is 0. The van der Waals surface area contributed by atoms with Crippen molar-refractivity contribution in [2.24, 2.45) is 0 Å². The van der Waals surface area contributed by atoms with Crippen molar-refractivity contribution < 1.29 is 0 Å². The van der Waals surface area contributed by atoms with Gasteiger partial charge < -0.3 is 0 Å². The zero-order valence-corrected chi connectivity index (χ0v) is 80.1. The summed E-state index contributed by atoms with van der Waals surface area (Å²) in [6.45, 7) is 26.6. The molecule has 30 aromatic carbocycles. The van der Waals surface area contributed by atoms with Gasteiger partial charge in [0.2, 0.25) is 0 Å². The van der Waals surface area contributed by atoms with Gasteiger partial charge in [-0.2, -0.15) is 0 Å². The van der Waals surface area contributed by atoms with Gasteiger partial charge in [0.05, 0.1) is 0 Å². The van der Waals surface area contributed by atoms with Crippen molar-refractivity contribution in [3.8, 4) is 0 Å². The van der Waals surface area contributed by atoms with Crippen LogP contribution in [-0.2, 0) is 0 Å². The standard InChI is InChI=1S/C26H16.3C24H18.2C20H16.CH4/c1-13-11-17-5-6-18-12-14(2)20-10-8-16-4-3-15-7-9-19(13)25-21(15)22(16)26(20)24(18)23(17)25;1-15-21-11-17-7-3-5-9-19(17)13-23(21)16(2)24-14-20-10-6-4-8-18(20)12-22(15)24;1-15-21-9-5-6-10-22(21)16(2)24-14-20-12-18-8-4-3-7-17(18)11-19(20)13-23(15)24;1-15-7-8-16(2)24-14-22-12-20-10-18-6-4-3-5-17(18)9-19(20)11-21(22)13-23(15)24;1-13-11-12-14(2)20-18-10-6-4-8-16(18)15-7-3-5-9-17(15)19(13)20;1-13-7-9-17-18-10-8-14(2)12-20(18)16-6-4-3-5-15(16)19(17)11-13;/h3-12H,1-2H3;3*3-14H,1-2H3;2*3-12H,1-2H3;1H4. The largest absolute Gasteiger partial charge is 0.0776 e. The molecule has 0 aliphatic rings. The minimum atomic E-state index is 0. The first-order valence-electron chi connectivity index (χ1n) is 48.8. The molecule has 30 rings (SSSR count). The number of benzene rings is 30. The molecule has 0 saturated heterocycles. The molecule has 0 bridgehead atoms. The molecule has 0 atom stereocenters. The smallest absolute Gasteiger partial charge is 0.00112 e. The highest BCUT2D eigenvalue weighted by Gasteiger charge is 2.24. The minimum absolute atomic E-state index is 0. The first kappa shape index (κ1) is 85.5. The average molecular weight is 1780 g/mol. The van der Waals surface area contributed by atoms with Crippen molar-refractivity contribution in [3.05, 3.63) is 467 Å². The van der Waals surface area contributed by atoms with Crippen LogP contribution in [0.15, 0.2) is 400 Å². The molecular weight excluding hydrogens is 1670 g/mol. The average Bonchev–Trinajstić information content (AvgIpc) is 0.679. The lowest BCUT2D eigenvalue weighted by Gasteiger charge is -2.22. The van der Waals surface area contributed by atoms with Crippen LogP contribution in [0.1, 0.15) is 74.2 Å². The molecule has 0 heteroatoms. The molecule has 0 N–H and O–H groups in total. The third-order valence-corrected chi connectivity index (χ3v) is 31.0. The number of fused-ring (bicyclic) bond motifs is 24. The van der Waals surface area contributed by atoms with Crippen LogP contribution in [0.4, 0.5) is 0 Å². The second-order valence-electron chi connectivity index (χ2n) is 39.4. The Bertz CT molecular complexity index is 9630. The van der Waals surface area contributed by atoms with Crippen LogP contribution in [0.3, 0.4) is 0 Å². The zero-order chi connectivity index (χ0) is 93.3. The molecule has 0 nitrogen and oxygen atoms in total. The van der Waals surface area contributed by atoms with E-state index in [1.807, 2.05) is 0 Å². The third-order valence-electron chi connectivity index (χ3n) is 31.0. The maximum absolute atomic E-state index is 2.37. The Morgan fingerprint density at radius 1 is 0.101 bits per heavy atom. The van der Waals surface area contributed by atoms with Crippen molar-refractivity contribution in [2.75, 3.05) is 0 Å². The molecule has 0 amide bonds. The van der Waals surface area contributed by atoms with Gasteiger partial charge in [-0.15, -0.1) is 0 Å². The van der Waals surface area contributed by atoms with Gasteiger partial charge in [-0.3, -0.25) is 0 Å². The molecule has 0 spiro atoms. The summed E-state index contributed by atoms with van der Waals surface area (Å²) in [6.07, 6.45) is 0. The van der Waals surface area contributed by atoms with Crippen LogP contribution in [0, 0.1) is 83.1 Å². The third kappa shape index (κ3) is 14.1. The van der Waals surface area contributed by atoms with E-state index in [-0.39, 0.29) is 7.43 Å². The first-order chi connectivity index (χ1) is 67.4. The summed E-state index contributed by atoms with van der Waals surface area (Å²) in [6, 6.07) is 148. The molecular formula is C139H106. The molecule has 0 radical (unpaired) electrons. The fraction of sp³-hybridized carbons (Fsp3) is 0.0935. The predicted octanol–water partition coefficient (Wildman–Crippen LogP) is 40.4. The van der Waals surface area contributed by atoms with E-state index in [4.69, 9.17) is 0 Å². The fourth-order valence-corrected chi connectivity index (χ4v) is 23.9. The van der Waals surface area contributed by atoms with Gasteiger partial charge in [-0.25, -0.2) is 0 Å². The quantitative estimate of drug-likeness (QED) is 0.105. The Labute approximate surface area is 810 Å². The second-order valence-corrected chi connectivity index (χ2v) is 39.4. The Morgan fingerprint density at radius 3 is 0.647 bits per heavy atom. The van der Waals surface area contributed by atoms with E-state index in [1.54, 1.807) is 0 Å². The van der Waals surface area contributed by atoms with Crippen molar-refractivity contribution in [2.45, 2.75) is 90.5 Å². The van der Waals surface area contributed by atoms with E-state index in [1.165, 1.54) is 325 Å². The lowest BCUT2D eigenvalue weighted by Crippen LogP contribution is -1.94. The Hall–Kier alpha value is -16.4. The summed E-state index contributed by atoms with van der Waals surface area (Å²) in [7, 11) is 0. The number of hydrogen-bond donors (Lipinski definition) is 0. The lowest BCUT2D eigenvalue weighted by molar-refractivity contribution is 1.47. The van der Waals surface area contributed by atoms with Gasteiger partial charge in [-0.05, 0) is 482 Å². The molecule has 0 aliphatic heterocycles. The van der Waals surface area contributed by atoms with Gasteiger partial charge in [0.25, 0.3) is 0 Å². The highest BCUT2D eigenvalue weighted by atomic mass is 14.3. The van der Waals surface area contributed by atoms with E-state index in [0.717, 1.165) is 0 Å². The Kier molecular flexibility index (Phi) is 20.7. The maximum atomic E-state index is 2.37.